The lowest BCUT2D eigenvalue weighted by Crippen LogP contribution is -2.59. The summed E-state index contributed by atoms with van der Waals surface area (Å²) in [6.45, 7) is 7.36. The molecule has 6 rings (SSSR count). The van der Waals surface area contributed by atoms with E-state index < -0.39 is 47.2 Å². The Hall–Kier alpha value is -1.38. The molecular weight excluding hydrogens is 516 g/mol. The van der Waals surface area contributed by atoms with Crippen LogP contribution in [0.2, 0.25) is 0 Å². The van der Waals surface area contributed by atoms with Gasteiger partial charge < -0.3 is 47.7 Å². The van der Waals surface area contributed by atoms with Crippen molar-refractivity contribution in [2.75, 3.05) is 21.3 Å². The lowest BCUT2D eigenvalue weighted by molar-refractivity contribution is -0.279. The number of carbonyl (C=O) groups excluding carboxylic acids is 1. The summed E-state index contributed by atoms with van der Waals surface area (Å²) in [7, 11) is 4.50. The third kappa shape index (κ3) is 4.90. The molecule has 10 atom stereocenters. The maximum Gasteiger partial charge on any atom is 0.311 e. The fraction of sp³-hybridized carbons (Fsp3) is 0.926. The number of esters is 1. The Morgan fingerprint density at radius 1 is 0.692 bits per heavy atom. The van der Waals surface area contributed by atoms with E-state index in [1.807, 2.05) is 27.7 Å². The minimum absolute atomic E-state index is 0. The van der Waals surface area contributed by atoms with Crippen LogP contribution in [-0.2, 0) is 52.2 Å². The quantitative estimate of drug-likeness (QED) is 0.504. The van der Waals surface area contributed by atoms with Crippen molar-refractivity contribution in [3.8, 4) is 0 Å². The van der Waals surface area contributed by atoms with Gasteiger partial charge in [-0.05, 0) is 53.4 Å². The van der Waals surface area contributed by atoms with E-state index >= 15 is 0 Å². The Morgan fingerprint density at radius 2 is 1.10 bits per heavy atom. The number of carbonyl (C=O) groups is 2. The van der Waals surface area contributed by atoms with Crippen LogP contribution in [0.25, 0.3) is 0 Å². The predicted octanol–water partition coefficient (Wildman–Crippen LogP) is 2.85. The van der Waals surface area contributed by atoms with Gasteiger partial charge >= 0.3 is 11.9 Å². The van der Waals surface area contributed by atoms with Gasteiger partial charge in [0.15, 0.2) is 24.2 Å². The SMILES string of the molecule is C.C.COC(=O)[C@H]1CC[C@@]12O[C@@H](OC)C1OC(C)(C)O[C@H]12.CO[C@@H]1O[C@@]2(CCC2C(=O)O)[C@@H]2OC(C)(C)OC12. The Bertz CT molecular complexity index is 922. The van der Waals surface area contributed by atoms with Crippen LogP contribution in [0.1, 0.15) is 68.2 Å². The first kappa shape index (κ1) is 32.1. The molecule has 2 spiro atoms. The van der Waals surface area contributed by atoms with Gasteiger partial charge in [-0.15, -0.1) is 0 Å². The normalized spacial score (nSPS) is 45.5. The molecule has 4 saturated heterocycles. The molecule has 4 aliphatic heterocycles. The first-order valence-corrected chi connectivity index (χ1v) is 12.8. The van der Waals surface area contributed by atoms with E-state index in [0.29, 0.717) is 12.8 Å². The first-order valence-electron chi connectivity index (χ1n) is 12.8. The molecule has 6 aliphatic rings. The summed E-state index contributed by atoms with van der Waals surface area (Å²) in [5.41, 5.74) is -1.45. The van der Waals surface area contributed by atoms with Gasteiger partial charge in [0.05, 0.1) is 18.9 Å². The van der Waals surface area contributed by atoms with E-state index in [1.165, 1.54) is 14.2 Å². The minimum atomic E-state index is -0.843. The topological polar surface area (TPSA) is 137 Å². The van der Waals surface area contributed by atoms with Crippen LogP contribution in [0, 0.1) is 11.8 Å². The fourth-order valence-electron chi connectivity index (χ4n) is 6.70. The highest BCUT2D eigenvalue weighted by Crippen LogP contribution is 2.57. The molecule has 0 bridgehead atoms. The van der Waals surface area contributed by atoms with Gasteiger partial charge in [0.25, 0.3) is 0 Å². The molecule has 0 aromatic rings. The number of methoxy groups -OCH3 is 3. The number of rotatable bonds is 4. The molecule has 1 N–H and O–H groups in total. The maximum absolute atomic E-state index is 11.9. The number of ether oxygens (including phenoxy) is 9. The zero-order valence-corrected chi connectivity index (χ0v) is 22.4. The molecule has 39 heavy (non-hydrogen) atoms. The molecule has 226 valence electrons. The maximum atomic E-state index is 11.9. The lowest BCUT2D eigenvalue weighted by Gasteiger charge is -2.47. The predicted molar refractivity (Wildman–Crippen MR) is 135 cm³/mol. The molecular formula is C27H46O12. The van der Waals surface area contributed by atoms with Gasteiger partial charge in [0, 0.05) is 14.2 Å². The lowest BCUT2D eigenvalue weighted by atomic mass is 9.66. The monoisotopic (exact) mass is 562 g/mol. The number of fused-ring (bicyclic) bond motifs is 4. The fourth-order valence-corrected chi connectivity index (χ4v) is 6.70. The average molecular weight is 563 g/mol. The van der Waals surface area contributed by atoms with E-state index in [9.17, 15) is 14.7 Å². The van der Waals surface area contributed by atoms with Crippen molar-refractivity contribution in [1.82, 2.24) is 0 Å². The van der Waals surface area contributed by atoms with Crippen molar-refractivity contribution in [2.45, 2.75) is 128 Å². The Kier molecular flexibility index (Phi) is 8.89. The summed E-state index contributed by atoms with van der Waals surface area (Å²) in [5.74, 6) is -3.34. The second kappa shape index (κ2) is 10.8. The zero-order chi connectivity index (χ0) is 27.0. The second-order valence-corrected chi connectivity index (χ2v) is 11.4. The number of hydrogen-bond donors (Lipinski definition) is 1. The number of carboxylic acids is 1. The van der Waals surface area contributed by atoms with E-state index in [-0.39, 0.29) is 51.2 Å². The number of aliphatic carboxylic acids is 1. The van der Waals surface area contributed by atoms with E-state index in [0.717, 1.165) is 12.8 Å². The molecule has 0 amide bonds. The standard InChI is InChI=1S/C13H20O6.C12H18O6.2CH4/c1-12(2)17-8-9(18-12)13(19-11(8)16-4)6-5-7(13)10(14)15-3;1-11(2)16-7-8(17-11)12(18-10(7)15-3)5-4-6(12)9(13)14;;/h7-9,11H,5-6H2,1-4H3;6-8,10H,4-5H2,1-3H3,(H,13,14);2*1H4/t7-,8?,9-,11-,13-;6?,7?,8-,10-,12-;;/m11../s1. The van der Waals surface area contributed by atoms with Crippen LogP contribution in [0.15, 0.2) is 0 Å². The van der Waals surface area contributed by atoms with Crippen LogP contribution >= 0.6 is 0 Å². The van der Waals surface area contributed by atoms with Crippen molar-refractivity contribution < 1.29 is 57.3 Å². The van der Waals surface area contributed by atoms with Crippen molar-refractivity contribution in [3.05, 3.63) is 0 Å². The molecule has 4 heterocycles. The van der Waals surface area contributed by atoms with E-state index in [1.54, 1.807) is 7.11 Å². The van der Waals surface area contributed by atoms with Crippen LogP contribution in [0.4, 0.5) is 0 Å². The molecule has 3 unspecified atom stereocenters. The number of hydrogen-bond acceptors (Lipinski definition) is 11. The summed E-state index contributed by atoms with van der Waals surface area (Å²) in [6.07, 6.45) is 0.419. The summed E-state index contributed by atoms with van der Waals surface area (Å²) in [4.78, 5) is 23.1. The summed E-state index contributed by atoms with van der Waals surface area (Å²) >= 11 is 0. The molecule has 0 radical (unpaired) electrons. The van der Waals surface area contributed by atoms with Gasteiger partial charge in [-0.2, -0.15) is 0 Å². The second-order valence-electron chi connectivity index (χ2n) is 11.4. The average Bonchev–Trinajstić information content (AvgIpc) is 3.46. The van der Waals surface area contributed by atoms with Crippen LogP contribution in [0.5, 0.6) is 0 Å². The third-order valence-electron chi connectivity index (χ3n) is 8.50. The van der Waals surface area contributed by atoms with Crippen molar-refractivity contribution in [2.24, 2.45) is 11.8 Å². The molecule has 6 fully saturated rings. The van der Waals surface area contributed by atoms with Gasteiger partial charge in [-0.3, -0.25) is 9.59 Å². The van der Waals surface area contributed by atoms with E-state index in [4.69, 9.17) is 42.6 Å². The minimum Gasteiger partial charge on any atom is -0.481 e. The van der Waals surface area contributed by atoms with Crippen molar-refractivity contribution >= 4 is 11.9 Å². The van der Waals surface area contributed by atoms with Gasteiger partial charge in [-0.1, -0.05) is 14.9 Å². The molecule has 0 aromatic carbocycles. The van der Waals surface area contributed by atoms with Crippen LogP contribution in [-0.4, -0.2) is 98.1 Å². The molecule has 2 aliphatic carbocycles. The third-order valence-corrected chi connectivity index (χ3v) is 8.50. The highest BCUT2D eigenvalue weighted by Gasteiger charge is 2.71. The Labute approximate surface area is 230 Å². The summed E-state index contributed by atoms with van der Waals surface area (Å²) < 4.78 is 50.6. The summed E-state index contributed by atoms with van der Waals surface area (Å²) in [5, 5.41) is 9.25. The highest BCUT2D eigenvalue weighted by molar-refractivity contribution is 5.75. The first-order chi connectivity index (χ1) is 17.3. The Morgan fingerprint density at radius 3 is 1.41 bits per heavy atom. The number of carboxylic acid groups (broad SMARTS) is 1. The van der Waals surface area contributed by atoms with E-state index in [2.05, 4.69) is 0 Å². The van der Waals surface area contributed by atoms with Crippen LogP contribution in [0.3, 0.4) is 0 Å². The molecule has 12 heteroatoms. The van der Waals surface area contributed by atoms with Gasteiger partial charge in [-0.25, -0.2) is 0 Å². The largest absolute Gasteiger partial charge is 0.481 e. The zero-order valence-electron chi connectivity index (χ0n) is 22.4. The van der Waals surface area contributed by atoms with Gasteiger partial charge in [0.1, 0.15) is 35.6 Å². The highest BCUT2D eigenvalue weighted by atomic mass is 16.8. The van der Waals surface area contributed by atoms with Gasteiger partial charge in [0.2, 0.25) is 0 Å². The molecule has 12 nitrogen and oxygen atoms in total. The Balaban J connectivity index is 0.000000205. The molecule has 2 saturated carbocycles. The molecule has 0 aromatic heterocycles. The summed E-state index contributed by atoms with van der Waals surface area (Å²) in [6, 6.07) is 0. The smallest absolute Gasteiger partial charge is 0.311 e. The van der Waals surface area contributed by atoms with Crippen molar-refractivity contribution in [3.63, 3.8) is 0 Å². The van der Waals surface area contributed by atoms with Crippen molar-refractivity contribution in [1.29, 1.82) is 0 Å². The van der Waals surface area contributed by atoms with Crippen LogP contribution < -0.4 is 0 Å².